The SMILES string of the molecule is CCC(C=O)Oc1ccccc1N=Nc1ccccc1. The van der Waals surface area contributed by atoms with E-state index in [1.807, 2.05) is 49.4 Å². The van der Waals surface area contributed by atoms with Crippen LogP contribution in [0.3, 0.4) is 0 Å². The average Bonchev–Trinajstić information content (AvgIpc) is 2.52. The molecule has 0 aliphatic heterocycles. The van der Waals surface area contributed by atoms with Crippen molar-refractivity contribution < 1.29 is 9.53 Å². The highest BCUT2D eigenvalue weighted by atomic mass is 16.5. The first kappa shape index (κ1) is 13.9. The number of para-hydroxylation sites is 1. The molecule has 0 spiro atoms. The van der Waals surface area contributed by atoms with Crippen LogP contribution in [0.15, 0.2) is 64.8 Å². The van der Waals surface area contributed by atoms with Crippen molar-refractivity contribution in [2.45, 2.75) is 19.4 Å². The summed E-state index contributed by atoms with van der Waals surface area (Å²) in [6, 6.07) is 16.7. The first-order chi connectivity index (χ1) is 9.83. The second kappa shape index (κ2) is 7.19. The zero-order chi connectivity index (χ0) is 14.2. The Morgan fingerprint density at radius 3 is 2.45 bits per heavy atom. The minimum atomic E-state index is -0.455. The fourth-order valence-electron chi connectivity index (χ4n) is 1.62. The molecular weight excluding hydrogens is 252 g/mol. The van der Waals surface area contributed by atoms with Crippen LogP contribution in [0.4, 0.5) is 11.4 Å². The molecule has 0 aliphatic rings. The Morgan fingerprint density at radius 1 is 1.05 bits per heavy atom. The highest BCUT2D eigenvalue weighted by molar-refractivity contribution is 5.59. The Bertz CT molecular complexity index is 582. The zero-order valence-corrected chi connectivity index (χ0v) is 11.3. The quantitative estimate of drug-likeness (QED) is 0.573. The van der Waals surface area contributed by atoms with E-state index in [1.165, 1.54) is 0 Å². The van der Waals surface area contributed by atoms with E-state index in [0.717, 1.165) is 12.0 Å². The van der Waals surface area contributed by atoms with E-state index in [1.54, 1.807) is 12.1 Å². The first-order valence-electron chi connectivity index (χ1n) is 6.51. The molecule has 0 saturated carbocycles. The van der Waals surface area contributed by atoms with E-state index in [2.05, 4.69) is 10.2 Å². The summed E-state index contributed by atoms with van der Waals surface area (Å²) in [6.45, 7) is 1.90. The van der Waals surface area contributed by atoms with Crippen molar-refractivity contribution >= 4 is 17.7 Å². The van der Waals surface area contributed by atoms with Gasteiger partial charge in [-0.1, -0.05) is 37.3 Å². The summed E-state index contributed by atoms with van der Waals surface area (Å²) in [5.41, 5.74) is 1.38. The normalized spacial score (nSPS) is 12.2. The maximum Gasteiger partial charge on any atom is 0.160 e. The van der Waals surface area contributed by atoms with E-state index >= 15 is 0 Å². The lowest BCUT2D eigenvalue weighted by molar-refractivity contribution is -0.113. The van der Waals surface area contributed by atoms with Gasteiger partial charge in [0.05, 0.1) is 5.69 Å². The van der Waals surface area contributed by atoms with Gasteiger partial charge in [-0.15, -0.1) is 5.11 Å². The van der Waals surface area contributed by atoms with Crippen LogP contribution in [0.5, 0.6) is 5.75 Å². The van der Waals surface area contributed by atoms with Gasteiger partial charge < -0.3 is 4.74 Å². The molecule has 20 heavy (non-hydrogen) atoms. The van der Waals surface area contributed by atoms with E-state index in [-0.39, 0.29) is 0 Å². The molecule has 0 amide bonds. The third-order valence-electron chi connectivity index (χ3n) is 2.73. The fraction of sp³-hybridized carbons (Fsp3) is 0.188. The molecule has 2 aromatic carbocycles. The van der Waals surface area contributed by atoms with Crippen molar-refractivity contribution in [2.24, 2.45) is 10.2 Å². The Morgan fingerprint density at radius 2 is 1.75 bits per heavy atom. The Labute approximate surface area is 118 Å². The molecule has 0 N–H and O–H groups in total. The summed E-state index contributed by atoms with van der Waals surface area (Å²) in [5.74, 6) is 0.561. The summed E-state index contributed by atoms with van der Waals surface area (Å²) >= 11 is 0. The number of rotatable bonds is 6. The van der Waals surface area contributed by atoms with Crippen molar-refractivity contribution in [3.63, 3.8) is 0 Å². The fourth-order valence-corrected chi connectivity index (χ4v) is 1.62. The lowest BCUT2D eigenvalue weighted by Crippen LogP contribution is -2.16. The van der Waals surface area contributed by atoms with Crippen LogP contribution >= 0.6 is 0 Å². The van der Waals surface area contributed by atoms with Crippen molar-refractivity contribution in [3.05, 3.63) is 54.6 Å². The van der Waals surface area contributed by atoms with E-state index in [0.29, 0.717) is 17.9 Å². The highest BCUT2D eigenvalue weighted by Gasteiger charge is 2.09. The highest BCUT2D eigenvalue weighted by Crippen LogP contribution is 2.29. The van der Waals surface area contributed by atoms with Crippen LogP contribution < -0.4 is 4.74 Å². The molecule has 0 aliphatic carbocycles. The number of carbonyl (C=O) groups excluding carboxylic acids is 1. The van der Waals surface area contributed by atoms with Gasteiger partial charge in [-0.2, -0.15) is 5.11 Å². The first-order valence-corrected chi connectivity index (χ1v) is 6.51. The van der Waals surface area contributed by atoms with Crippen molar-refractivity contribution in [3.8, 4) is 5.75 Å². The zero-order valence-electron chi connectivity index (χ0n) is 11.3. The van der Waals surface area contributed by atoms with E-state index in [4.69, 9.17) is 4.74 Å². The summed E-state index contributed by atoms with van der Waals surface area (Å²) in [4.78, 5) is 10.9. The van der Waals surface area contributed by atoms with Gasteiger partial charge in [0.25, 0.3) is 0 Å². The van der Waals surface area contributed by atoms with Gasteiger partial charge in [-0.05, 0) is 30.7 Å². The van der Waals surface area contributed by atoms with Gasteiger partial charge in [0, 0.05) is 0 Å². The molecule has 2 rings (SSSR count). The molecule has 2 aromatic rings. The molecule has 0 fully saturated rings. The number of hydrogen-bond acceptors (Lipinski definition) is 4. The largest absolute Gasteiger partial charge is 0.481 e. The summed E-state index contributed by atoms with van der Waals surface area (Å²) < 4.78 is 5.61. The van der Waals surface area contributed by atoms with Gasteiger partial charge in [-0.25, -0.2) is 0 Å². The van der Waals surface area contributed by atoms with Gasteiger partial charge in [0.1, 0.15) is 11.4 Å². The average molecular weight is 268 g/mol. The molecule has 0 radical (unpaired) electrons. The molecule has 0 bridgehead atoms. The lowest BCUT2D eigenvalue weighted by atomic mass is 10.2. The van der Waals surface area contributed by atoms with Crippen LogP contribution in [0.2, 0.25) is 0 Å². The lowest BCUT2D eigenvalue weighted by Gasteiger charge is -2.12. The van der Waals surface area contributed by atoms with Crippen LogP contribution in [0, 0.1) is 0 Å². The number of benzene rings is 2. The summed E-state index contributed by atoms with van der Waals surface area (Å²) in [6.07, 6.45) is 0.960. The molecule has 0 aromatic heterocycles. The number of aldehydes is 1. The second-order valence-corrected chi connectivity index (χ2v) is 4.20. The molecule has 1 atom stereocenters. The number of azo groups is 1. The maximum atomic E-state index is 10.9. The number of hydrogen-bond donors (Lipinski definition) is 0. The topological polar surface area (TPSA) is 51.0 Å². The van der Waals surface area contributed by atoms with Crippen LogP contribution in [0.25, 0.3) is 0 Å². The van der Waals surface area contributed by atoms with Gasteiger partial charge in [-0.3, -0.25) is 4.79 Å². The Balaban J connectivity index is 2.19. The van der Waals surface area contributed by atoms with Crippen LogP contribution in [0.1, 0.15) is 13.3 Å². The molecule has 4 nitrogen and oxygen atoms in total. The van der Waals surface area contributed by atoms with Gasteiger partial charge in [0.15, 0.2) is 12.4 Å². The third kappa shape index (κ3) is 3.75. The molecule has 4 heteroatoms. The predicted molar refractivity (Wildman–Crippen MR) is 77.8 cm³/mol. The third-order valence-corrected chi connectivity index (χ3v) is 2.73. The van der Waals surface area contributed by atoms with Crippen LogP contribution in [-0.2, 0) is 4.79 Å². The smallest absolute Gasteiger partial charge is 0.160 e. The Kier molecular flexibility index (Phi) is 5.00. The second-order valence-electron chi connectivity index (χ2n) is 4.20. The Hall–Kier alpha value is -2.49. The minimum Gasteiger partial charge on any atom is -0.481 e. The molecule has 102 valence electrons. The number of carbonyl (C=O) groups is 1. The molecule has 0 heterocycles. The van der Waals surface area contributed by atoms with E-state index in [9.17, 15) is 4.79 Å². The molecule has 0 saturated heterocycles. The van der Waals surface area contributed by atoms with Crippen molar-refractivity contribution in [1.29, 1.82) is 0 Å². The number of ether oxygens (including phenoxy) is 1. The molecular formula is C16H16N2O2. The van der Waals surface area contributed by atoms with Gasteiger partial charge in [0.2, 0.25) is 0 Å². The number of nitrogens with zero attached hydrogens (tertiary/aromatic N) is 2. The maximum absolute atomic E-state index is 10.9. The summed E-state index contributed by atoms with van der Waals surface area (Å²) in [7, 11) is 0. The summed E-state index contributed by atoms with van der Waals surface area (Å²) in [5, 5.41) is 8.33. The predicted octanol–water partition coefficient (Wildman–Crippen LogP) is 4.46. The van der Waals surface area contributed by atoms with E-state index < -0.39 is 6.10 Å². The van der Waals surface area contributed by atoms with Crippen molar-refractivity contribution in [1.82, 2.24) is 0 Å². The monoisotopic (exact) mass is 268 g/mol. The van der Waals surface area contributed by atoms with Crippen LogP contribution in [-0.4, -0.2) is 12.4 Å². The van der Waals surface area contributed by atoms with Gasteiger partial charge >= 0.3 is 0 Å². The standard InChI is InChI=1S/C16H16N2O2/c1-2-14(12-19)20-16-11-7-6-10-15(16)18-17-13-8-4-3-5-9-13/h3-12,14H,2H2,1H3. The van der Waals surface area contributed by atoms with Crippen molar-refractivity contribution in [2.75, 3.05) is 0 Å². The molecule has 1 unspecified atom stereocenters. The minimum absolute atomic E-state index is 0.455.